The maximum atomic E-state index is 12.5. The third-order valence-electron chi connectivity index (χ3n) is 4.16. The van der Waals surface area contributed by atoms with Crippen LogP contribution >= 0.6 is 0 Å². The van der Waals surface area contributed by atoms with Crippen molar-refractivity contribution in [1.29, 1.82) is 0 Å². The molecule has 0 aliphatic carbocycles. The van der Waals surface area contributed by atoms with E-state index in [2.05, 4.69) is 10.3 Å². The first-order chi connectivity index (χ1) is 11.1. The molecule has 0 radical (unpaired) electrons. The molecule has 0 bridgehead atoms. The van der Waals surface area contributed by atoms with E-state index in [9.17, 15) is 13.2 Å². The third kappa shape index (κ3) is 3.91. The lowest BCUT2D eigenvalue weighted by Crippen LogP contribution is -2.35. The molecule has 7 heteroatoms. The van der Waals surface area contributed by atoms with E-state index >= 15 is 0 Å². The van der Waals surface area contributed by atoms with Crippen LogP contribution in [0.2, 0.25) is 0 Å². The van der Waals surface area contributed by atoms with Gasteiger partial charge >= 0.3 is 0 Å². The first kappa shape index (κ1) is 18.4. The summed E-state index contributed by atoms with van der Waals surface area (Å²) < 4.78 is 23.9. The van der Waals surface area contributed by atoms with Gasteiger partial charge in [-0.1, -0.05) is 12.1 Å². The predicted octanol–water partition coefficient (Wildman–Crippen LogP) is 1.78. The lowest BCUT2D eigenvalue weighted by molar-refractivity contribution is 0.0953. The molecule has 0 unspecified atom stereocenters. The first-order valence-corrected chi connectivity index (χ1v) is 9.53. The van der Waals surface area contributed by atoms with Crippen LogP contribution in [-0.4, -0.2) is 50.0 Å². The summed E-state index contributed by atoms with van der Waals surface area (Å²) in [6, 6.07) is 5.64. The molecular formula is C17H23N3O3S. The lowest BCUT2D eigenvalue weighted by Gasteiger charge is -2.15. The van der Waals surface area contributed by atoms with Crippen LogP contribution in [0, 0.1) is 20.8 Å². The fourth-order valence-corrected chi connectivity index (χ4v) is 2.86. The van der Waals surface area contributed by atoms with E-state index in [4.69, 9.17) is 0 Å². The Bertz CT molecular complexity index is 892. The Labute approximate surface area is 142 Å². The second-order valence-electron chi connectivity index (χ2n) is 6.06. The molecule has 2 rings (SSSR count). The van der Waals surface area contributed by atoms with Gasteiger partial charge in [0.1, 0.15) is 0 Å². The number of nitrogens with zero attached hydrogens (tertiary/aromatic N) is 2. The Morgan fingerprint density at radius 2 is 1.92 bits per heavy atom. The van der Waals surface area contributed by atoms with E-state index in [0.29, 0.717) is 5.56 Å². The number of pyridine rings is 1. The lowest BCUT2D eigenvalue weighted by atomic mass is 10.0. The number of hydrogen-bond acceptors (Lipinski definition) is 4. The molecule has 24 heavy (non-hydrogen) atoms. The monoisotopic (exact) mass is 349 g/mol. The number of carbonyl (C=O) groups is 1. The van der Waals surface area contributed by atoms with E-state index < -0.39 is 10.0 Å². The summed E-state index contributed by atoms with van der Waals surface area (Å²) >= 11 is 0. The van der Waals surface area contributed by atoms with Crippen molar-refractivity contribution < 1.29 is 13.2 Å². The summed E-state index contributed by atoms with van der Waals surface area (Å²) in [5, 5.41) is 3.59. The number of rotatable bonds is 5. The minimum atomic E-state index is -3.25. The predicted molar refractivity (Wildman–Crippen MR) is 95.8 cm³/mol. The van der Waals surface area contributed by atoms with E-state index in [1.807, 2.05) is 32.9 Å². The number of aryl methyl sites for hydroxylation is 3. The zero-order valence-corrected chi connectivity index (χ0v) is 15.5. The van der Waals surface area contributed by atoms with Crippen molar-refractivity contribution in [2.24, 2.45) is 0 Å². The Morgan fingerprint density at radius 3 is 2.54 bits per heavy atom. The molecule has 6 nitrogen and oxygen atoms in total. The summed E-state index contributed by atoms with van der Waals surface area (Å²) in [4.78, 5) is 17.1. The van der Waals surface area contributed by atoms with E-state index in [1.165, 1.54) is 11.4 Å². The maximum Gasteiger partial charge on any atom is 0.252 e. The van der Waals surface area contributed by atoms with Crippen LogP contribution in [-0.2, 0) is 10.0 Å². The minimum absolute atomic E-state index is 0.226. The molecular weight excluding hydrogens is 326 g/mol. The number of aromatic nitrogens is 1. The van der Waals surface area contributed by atoms with Gasteiger partial charge in [-0.25, -0.2) is 12.7 Å². The fraction of sp³-hybridized carbons (Fsp3) is 0.412. The van der Waals surface area contributed by atoms with Crippen molar-refractivity contribution >= 4 is 26.8 Å². The number of benzene rings is 1. The quantitative estimate of drug-likeness (QED) is 0.892. The van der Waals surface area contributed by atoms with Crippen molar-refractivity contribution in [2.45, 2.75) is 20.8 Å². The Hall–Kier alpha value is -1.99. The number of sulfonamides is 1. The number of carbonyl (C=O) groups excluding carboxylic acids is 1. The molecule has 130 valence electrons. The van der Waals surface area contributed by atoms with E-state index in [-0.39, 0.29) is 19.0 Å². The van der Waals surface area contributed by atoms with Gasteiger partial charge in [-0.05, 0) is 38.0 Å². The molecule has 0 saturated heterocycles. The van der Waals surface area contributed by atoms with Crippen molar-refractivity contribution in [3.05, 3.63) is 40.6 Å². The summed E-state index contributed by atoms with van der Waals surface area (Å²) in [7, 11) is -1.76. The van der Waals surface area contributed by atoms with Gasteiger partial charge in [0.25, 0.3) is 5.91 Å². The maximum absolute atomic E-state index is 12.5. The number of nitrogens with one attached hydrogen (secondary N) is 1. The molecule has 0 saturated carbocycles. The minimum Gasteiger partial charge on any atom is -0.351 e. The average molecular weight is 349 g/mol. The van der Waals surface area contributed by atoms with Gasteiger partial charge in [0.15, 0.2) is 0 Å². The molecule has 0 aliphatic rings. The molecule has 0 fully saturated rings. The third-order valence-corrected chi connectivity index (χ3v) is 5.47. The highest BCUT2D eigenvalue weighted by molar-refractivity contribution is 7.88. The number of hydrogen-bond donors (Lipinski definition) is 1. The molecule has 0 aliphatic heterocycles. The highest BCUT2D eigenvalue weighted by Gasteiger charge is 2.15. The van der Waals surface area contributed by atoms with Gasteiger partial charge in [-0.3, -0.25) is 9.78 Å². The van der Waals surface area contributed by atoms with E-state index in [0.717, 1.165) is 34.0 Å². The Kier molecular flexibility index (Phi) is 5.25. The van der Waals surface area contributed by atoms with Crippen molar-refractivity contribution in [3.63, 3.8) is 0 Å². The highest BCUT2D eigenvalue weighted by atomic mass is 32.2. The molecule has 1 heterocycles. The smallest absolute Gasteiger partial charge is 0.252 e. The summed E-state index contributed by atoms with van der Waals surface area (Å²) in [5.74, 6) is -0.226. The summed E-state index contributed by atoms with van der Waals surface area (Å²) in [6.07, 6.45) is 1.14. The van der Waals surface area contributed by atoms with Crippen LogP contribution in [0.15, 0.2) is 18.2 Å². The SMILES string of the molecule is Cc1cc(C(=O)NCCN(C)S(C)(=O)=O)c2ccc(C)c(C)c2n1. The average Bonchev–Trinajstić information content (AvgIpc) is 2.49. The van der Waals surface area contributed by atoms with Gasteiger partial charge in [-0.2, -0.15) is 0 Å². The number of fused-ring (bicyclic) bond motifs is 1. The Morgan fingerprint density at radius 1 is 1.25 bits per heavy atom. The highest BCUT2D eigenvalue weighted by Crippen LogP contribution is 2.23. The fourth-order valence-electron chi connectivity index (χ4n) is 2.43. The summed E-state index contributed by atoms with van der Waals surface area (Å²) in [6.45, 7) is 6.34. The zero-order valence-electron chi connectivity index (χ0n) is 14.7. The van der Waals surface area contributed by atoms with Crippen LogP contribution in [0.25, 0.3) is 10.9 Å². The van der Waals surface area contributed by atoms with Crippen molar-refractivity contribution in [3.8, 4) is 0 Å². The van der Waals surface area contributed by atoms with Gasteiger partial charge in [0.2, 0.25) is 10.0 Å². The van der Waals surface area contributed by atoms with Crippen LogP contribution in [0.4, 0.5) is 0 Å². The van der Waals surface area contributed by atoms with Gasteiger partial charge in [-0.15, -0.1) is 0 Å². The van der Waals surface area contributed by atoms with Crippen molar-refractivity contribution in [2.75, 3.05) is 26.4 Å². The largest absolute Gasteiger partial charge is 0.351 e. The first-order valence-electron chi connectivity index (χ1n) is 7.68. The van der Waals surface area contributed by atoms with E-state index in [1.54, 1.807) is 6.07 Å². The molecule has 0 atom stereocenters. The van der Waals surface area contributed by atoms with Crippen molar-refractivity contribution in [1.82, 2.24) is 14.6 Å². The Balaban J connectivity index is 2.25. The second-order valence-corrected chi connectivity index (χ2v) is 8.14. The zero-order chi connectivity index (χ0) is 18.1. The van der Waals surface area contributed by atoms with Crippen LogP contribution in [0.5, 0.6) is 0 Å². The van der Waals surface area contributed by atoms with Crippen LogP contribution in [0.3, 0.4) is 0 Å². The molecule has 1 aromatic heterocycles. The van der Waals surface area contributed by atoms with Crippen LogP contribution < -0.4 is 5.32 Å². The van der Waals surface area contributed by atoms with Gasteiger partial charge in [0, 0.05) is 31.2 Å². The molecule has 1 aromatic carbocycles. The molecule has 2 aromatic rings. The standard InChI is InChI=1S/C17H23N3O3S/c1-11-6-7-14-15(10-12(2)19-16(14)13(11)3)17(21)18-8-9-20(4)24(5,22)23/h6-7,10H,8-9H2,1-5H3,(H,18,21). The van der Waals surface area contributed by atoms with Crippen LogP contribution in [0.1, 0.15) is 27.2 Å². The number of likely N-dealkylation sites (N-methyl/N-ethyl adjacent to an activating group) is 1. The molecule has 1 amide bonds. The number of amides is 1. The topological polar surface area (TPSA) is 79.4 Å². The van der Waals surface area contributed by atoms with Gasteiger partial charge in [0.05, 0.1) is 17.3 Å². The normalized spacial score (nSPS) is 11.9. The second kappa shape index (κ2) is 6.86. The molecule has 1 N–H and O–H groups in total. The molecule has 0 spiro atoms. The summed E-state index contributed by atoms with van der Waals surface area (Å²) in [5.41, 5.74) is 4.34. The van der Waals surface area contributed by atoms with Gasteiger partial charge < -0.3 is 5.32 Å².